The fourth-order valence-electron chi connectivity index (χ4n) is 4.04. The molecule has 1 unspecified atom stereocenters. The minimum Gasteiger partial charge on any atom is -0.338 e. The van der Waals surface area contributed by atoms with E-state index in [1.165, 1.54) is 0 Å². The van der Waals surface area contributed by atoms with E-state index in [2.05, 4.69) is 23.0 Å². The third kappa shape index (κ3) is 3.18. The van der Waals surface area contributed by atoms with Gasteiger partial charge in [0.1, 0.15) is 0 Å². The molecule has 0 spiro atoms. The predicted octanol–water partition coefficient (Wildman–Crippen LogP) is 0.860. The molecule has 2 amide bonds. The molecule has 3 aliphatic heterocycles. The Morgan fingerprint density at radius 1 is 1.24 bits per heavy atom. The molecule has 4 rings (SSSR count). The van der Waals surface area contributed by atoms with Crippen molar-refractivity contribution in [3.8, 4) is 0 Å². The maximum atomic E-state index is 13.0. The molecule has 0 N–H and O–H groups in total. The monoisotopic (exact) mass is 340 g/mol. The van der Waals surface area contributed by atoms with Gasteiger partial charge in [-0.25, -0.2) is 0 Å². The van der Waals surface area contributed by atoms with Crippen molar-refractivity contribution in [1.82, 2.24) is 19.7 Å². The molecule has 0 aliphatic carbocycles. The van der Waals surface area contributed by atoms with Crippen molar-refractivity contribution in [2.45, 2.75) is 18.9 Å². The zero-order chi connectivity index (χ0) is 17.4. The van der Waals surface area contributed by atoms with Crippen LogP contribution in [0.3, 0.4) is 0 Å². The second-order valence-electron chi connectivity index (χ2n) is 7.31. The van der Waals surface area contributed by atoms with E-state index < -0.39 is 0 Å². The number of likely N-dealkylation sites (N-methyl/N-ethyl adjacent to an activating group) is 1. The predicted molar refractivity (Wildman–Crippen MR) is 94.5 cm³/mol. The maximum Gasteiger partial charge on any atom is 0.228 e. The topological polar surface area (TPSA) is 56.8 Å². The van der Waals surface area contributed by atoms with Crippen LogP contribution in [0.2, 0.25) is 0 Å². The smallest absolute Gasteiger partial charge is 0.228 e. The highest BCUT2D eigenvalue weighted by atomic mass is 16.2. The Balaban J connectivity index is 1.40. The molecule has 0 aromatic carbocycles. The second kappa shape index (κ2) is 6.59. The summed E-state index contributed by atoms with van der Waals surface area (Å²) in [5.41, 5.74) is 2.03. The first-order valence-corrected chi connectivity index (χ1v) is 8.99. The van der Waals surface area contributed by atoms with Crippen LogP contribution in [0, 0.1) is 5.92 Å². The summed E-state index contributed by atoms with van der Waals surface area (Å²) in [6.45, 7) is 3.74. The molecule has 0 saturated carbocycles. The summed E-state index contributed by atoms with van der Waals surface area (Å²) in [7, 11) is 2.05. The highest BCUT2D eigenvalue weighted by Crippen LogP contribution is 2.27. The van der Waals surface area contributed by atoms with E-state index in [9.17, 15) is 9.59 Å². The Bertz CT molecular complexity index is 697. The van der Waals surface area contributed by atoms with Crippen LogP contribution in [0.15, 0.2) is 30.5 Å². The van der Waals surface area contributed by atoms with Gasteiger partial charge in [0.2, 0.25) is 11.8 Å². The Hall–Kier alpha value is -2.21. The number of hydrogen-bond donors (Lipinski definition) is 0. The Morgan fingerprint density at radius 2 is 2.08 bits per heavy atom. The quantitative estimate of drug-likeness (QED) is 0.819. The van der Waals surface area contributed by atoms with Gasteiger partial charge in [-0.05, 0) is 31.2 Å². The summed E-state index contributed by atoms with van der Waals surface area (Å²) in [4.78, 5) is 35.7. The minimum absolute atomic E-state index is 0.116. The molecular formula is C19H24N4O2. The fourth-order valence-corrected chi connectivity index (χ4v) is 4.04. The molecular weight excluding hydrogens is 316 g/mol. The number of pyridine rings is 1. The Morgan fingerprint density at radius 3 is 2.80 bits per heavy atom. The number of nitrogens with zero attached hydrogens (tertiary/aromatic N) is 4. The average molecular weight is 340 g/mol. The normalized spacial score (nSPS) is 25.1. The first-order chi connectivity index (χ1) is 12.1. The van der Waals surface area contributed by atoms with E-state index >= 15 is 0 Å². The molecule has 3 aliphatic rings. The van der Waals surface area contributed by atoms with Gasteiger partial charge in [0.15, 0.2) is 0 Å². The van der Waals surface area contributed by atoms with E-state index in [1.807, 2.05) is 28.0 Å². The van der Waals surface area contributed by atoms with Crippen LogP contribution in [-0.4, -0.2) is 77.3 Å². The lowest BCUT2D eigenvalue weighted by molar-refractivity contribution is -0.135. The summed E-state index contributed by atoms with van der Waals surface area (Å²) in [5, 5.41) is 0. The average Bonchev–Trinajstić information content (AvgIpc) is 3.00. The molecule has 1 aromatic heterocycles. The van der Waals surface area contributed by atoms with E-state index in [4.69, 9.17) is 0 Å². The van der Waals surface area contributed by atoms with Gasteiger partial charge in [0.25, 0.3) is 0 Å². The van der Waals surface area contributed by atoms with Crippen LogP contribution in [0.25, 0.3) is 5.57 Å². The third-order valence-corrected chi connectivity index (χ3v) is 5.45. The third-order valence-electron chi connectivity index (χ3n) is 5.45. The molecule has 132 valence electrons. The molecule has 0 radical (unpaired) electrons. The van der Waals surface area contributed by atoms with Crippen molar-refractivity contribution in [1.29, 1.82) is 0 Å². The minimum atomic E-state index is -0.193. The lowest BCUT2D eigenvalue weighted by Gasteiger charge is -2.42. The van der Waals surface area contributed by atoms with Crippen molar-refractivity contribution >= 4 is 17.4 Å². The van der Waals surface area contributed by atoms with E-state index in [-0.39, 0.29) is 17.7 Å². The van der Waals surface area contributed by atoms with E-state index in [1.54, 1.807) is 6.20 Å². The van der Waals surface area contributed by atoms with Gasteiger partial charge < -0.3 is 14.7 Å². The highest BCUT2D eigenvalue weighted by Gasteiger charge is 2.42. The lowest BCUT2D eigenvalue weighted by Crippen LogP contribution is -2.58. The van der Waals surface area contributed by atoms with E-state index in [0.29, 0.717) is 25.6 Å². The van der Waals surface area contributed by atoms with Crippen molar-refractivity contribution in [2.24, 2.45) is 5.92 Å². The van der Waals surface area contributed by atoms with Gasteiger partial charge in [-0.2, -0.15) is 0 Å². The molecule has 1 atom stereocenters. The molecule has 1 aromatic rings. The van der Waals surface area contributed by atoms with Gasteiger partial charge in [0.05, 0.1) is 17.7 Å². The number of amides is 2. The molecule has 0 bridgehead atoms. The summed E-state index contributed by atoms with van der Waals surface area (Å²) < 4.78 is 0. The Labute approximate surface area is 148 Å². The van der Waals surface area contributed by atoms with Crippen molar-refractivity contribution in [3.05, 3.63) is 36.2 Å². The number of carbonyl (C=O) groups is 2. The van der Waals surface area contributed by atoms with Gasteiger partial charge in [-0.3, -0.25) is 14.6 Å². The van der Waals surface area contributed by atoms with Gasteiger partial charge in [0, 0.05) is 45.3 Å². The molecule has 2 fully saturated rings. The van der Waals surface area contributed by atoms with Crippen LogP contribution in [0.4, 0.5) is 0 Å². The summed E-state index contributed by atoms with van der Waals surface area (Å²) >= 11 is 0. The van der Waals surface area contributed by atoms with Crippen LogP contribution in [0.5, 0.6) is 0 Å². The standard InChI is InChI=1S/C19H24N4O2/c1-21-12-16(13-21)23-11-15(9-18(23)24)19(25)22-8-4-5-14(10-22)17-6-2-3-7-20-17/h2-3,5-7,15-16H,4,8-13H2,1H3. The molecule has 25 heavy (non-hydrogen) atoms. The van der Waals surface area contributed by atoms with Crippen molar-refractivity contribution in [3.63, 3.8) is 0 Å². The van der Waals surface area contributed by atoms with Crippen LogP contribution < -0.4 is 0 Å². The summed E-state index contributed by atoms with van der Waals surface area (Å²) in [6.07, 6.45) is 5.15. The SMILES string of the molecule is CN1CC(N2CC(C(=O)N3CCC=C(c4ccccn4)C3)CC2=O)C1. The van der Waals surface area contributed by atoms with Crippen LogP contribution in [-0.2, 0) is 9.59 Å². The van der Waals surface area contributed by atoms with Gasteiger partial charge in [-0.15, -0.1) is 0 Å². The largest absolute Gasteiger partial charge is 0.338 e. The number of aromatic nitrogens is 1. The number of rotatable bonds is 3. The molecule has 6 heteroatoms. The van der Waals surface area contributed by atoms with E-state index in [0.717, 1.165) is 37.3 Å². The second-order valence-corrected chi connectivity index (χ2v) is 7.31. The first kappa shape index (κ1) is 16.3. The fraction of sp³-hybridized carbons (Fsp3) is 0.526. The first-order valence-electron chi connectivity index (χ1n) is 8.99. The summed E-state index contributed by atoms with van der Waals surface area (Å²) in [6, 6.07) is 6.13. The molecule has 6 nitrogen and oxygen atoms in total. The number of likely N-dealkylation sites (tertiary alicyclic amines) is 2. The van der Waals surface area contributed by atoms with Crippen molar-refractivity contribution < 1.29 is 9.59 Å². The lowest BCUT2D eigenvalue weighted by atomic mass is 10.0. The van der Waals surface area contributed by atoms with Crippen LogP contribution in [0.1, 0.15) is 18.5 Å². The number of hydrogen-bond acceptors (Lipinski definition) is 4. The summed E-state index contributed by atoms with van der Waals surface area (Å²) in [5.74, 6) is 0.0560. The maximum absolute atomic E-state index is 13.0. The molecule has 4 heterocycles. The van der Waals surface area contributed by atoms with Crippen LogP contribution >= 0.6 is 0 Å². The molecule has 2 saturated heterocycles. The van der Waals surface area contributed by atoms with Gasteiger partial charge in [-0.1, -0.05) is 12.1 Å². The zero-order valence-corrected chi connectivity index (χ0v) is 14.6. The zero-order valence-electron chi connectivity index (χ0n) is 14.6. The van der Waals surface area contributed by atoms with Crippen molar-refractivity contribution in [2.75, 3.05) is 39.8 Å². The van der Waals surface area contributed by atoms with Gasteiger partial charge >= 0.3 is 0 Å². The highest BCUT2D eigenvalue weighted by molar-refractivity contribution is 5.90. The Kier molecular flexibility index (Phi) is 4.29. The number of carbonyl (C=O) groups excluding carboxylic acids is 2.